The summed E-state index contributed by atoms with van der Waals surface area (Å²) in [7, 11) is 0. The molecule has 4 heterocycles. The van der Waals surface area contributed by atoms with Crippen molar-refractivity contribution in [2.75, 3.05) is 18.4 Å². The Morgan fingerprint density at radius 2 is 1.74 bits per heavy atom. The normalized spacial score (nSPS) is 19.1. The number of hydrogen-bond donors (Lipinski definition) is 1. The Bertz CT molecular complexity index is 1210. The third-order valence-electron chi connectivity index (χ3n) is 6.50. The van der Waals surface area contributed by atoms with Crippen molar-refractivity contribution in [1.29, 1.82) is 0 Å². The topological polar surface area (TPSA) is 122 Å². The molecule has 0 aromatic carbocycles. The molecule has 0 bridgehead atoms. The predicted molar refractivity (Wildman–Crippen MR) is 132 cm³/mol. The van der Waals surface area contributed by atoms with E-state index >= 15 is 0 Å². The van der Waals surface area contributed by atoms with Crippen LogP contribution in [0.15, 0.2) is 18.7 Å². The number of fused-ring (bicyclic) bond motifs is 1. The fourth-order valence-electron chi connectivity index (χ4n) is 4.92. The summed E-state index contributed by atoms with van der Waals surface area (Å²) in [4.78, 5) is 51.5. The van der Waals surface area contributed by atoms with E-state index in [0.29, 0.717) is 54.7 Å². The molecule has 0 unspecified atom stereocenters. The van der Waals surface area contributed by atoms with Gasteiger partial charge in [0, 0.05) is 51.0 Å². The minimum atomic E-state index is -0.477. The van der Waals surface area contributed by atoms with Crippen molar-refractivity contribution in [3.05, 3.63) is 24.5 Å². The summed E-state index contributed by atoms with van der Waals surface area (Å²) in [6.07, 6.45) is 5.56. The van der Waals surface area contributed by atoms with Crippen LogP contribution < -0.4 is 5.32 Å². The van der Waals surface area contributed by atoms with Gasteiger partial charge in [-0.25, -0.2) is 24.9 Å². The maximum atomic E-state index is 13.5. The van der Waals surface area contributed by atoms with Crippen molar-refractivity contribution in [3.8, 4) is 11.4 Å². The van der Waals surface area contributed by atoms with E-state index in [-0.39, 0.29) is 23.9 Å². The van der Waals surface area contributed by atoms with Crippen LogP contribution in [0, 0.1) is 6.92 Å². The monoisotopic (exact) mass is 479 g/mol. The number of aryl methyl sites for hydroxylation is 2. The quantitative estimate of drug-likeness (QED) is 0.571. The van der Waals surface area contributed by atoms with Gasteiger partial charge >= 0.3 is 0 Å². The summed E-state index contributed by atoms with van der Waals surface area (Å²) in [5, 5.41) is 3.33. The number of hydrogen-bond acceptors (Lipinski definition) is 8. The number of carbonyl (C=O) groups is 2. The Kier molecular flexibility index (Phi) is 6.95. The zero-order valence-corrected chi connectivity index (χ0v) is 21.2. The van der Waals surface area contributed by atoms with Crippen molar-refractivity contribution in [2.24, 2.45) is 0 Å². The average Bonchev–Trinajstić information content (AvgIpc) is 3.21. The maximum absolute atomic E-state index is 13.5. The Hall–Kier alpha value is -3.63. The lowest BCUT2D eigenvalue weighted by molar-refractivity contribution is -0.145. The second kappa shape index (κ2) is 9.93. The summed E-state index contributed by atoms with van der Waals surface area (Å²) in [5.74, 6) is 1.93. The van der Waals surface area contributed by atoms with E-state index in [1.165, 1.54) is 6.33 Å². The van der Waals surface area contributed by atoms with E-state index in [9.17, 15) is 9.59 Å². The number of piperazine rings is 1. The third kappa shape index (κ3) is 4.67. The molecule has 1 N–H and O–H groups in total. The number of imidazole rings is 1. The SMILES string of the molecule is CC[C@@H](Nc1ncnc2c1nc(-c1cnc(C)nc1)n2CC)C(=O)N1C[C@@H](C)N(C(C)=O)[C@@H](C)C1. The molecule has 4 rings (SSSR count). The van der Waals surface area contributed by atoms with Gasteiger partial charge in [-0.05, 0) is 34.1 Å². The van der Waals surface area contributed by atoms with Gasteiger partial charge < -0.3 is 19.7 Å². The zero-order chi connectivity index (χ0) is 25.3. The first-order chi connectivity index (χ1) is 16.7. The Balaban J connectivity index is 1.62. The number of rotatable bonds is 6. The van der Waals surface area contributed by atoms with Crippen LogP contribution in [0.3, 0.4) is 0 Å². The summed E-state index contributed by atoms with van der Waals surface area (Å²) in [6.45, 7) is 13.0. The molecule has 0 radical (unpaired) electrons. The molecule has 0 spiro atoms. The van der Waals surface area contributed by atoms with Gasteiger partial charge in [-0.2, -0.15) is 0 Å². The molecule has 3 aromatic heterocycles. The first kappa shape index (κ1) is 24.5. The van der Waals surface area contributed by atoms with E-state index in [4.69, 9.17) is 4.98 Å². The minimum Gasteiger partial charge on any atom is -0.356 e. The third-order valence-corrected chi connectivity index (χ3v) is 6.50. The maximum Gasteiger partial charge on any atom is 0.245 e. The van der Waals surface area contributed by atoms with E-state index in [1.54, 1.807) is 19.3 Å². The summed E-state index contributed by atoms with van der Waals surface area (Å²) in [6, 6.07) is -0.555. The lowest BCUT2D eigenvalue weighted by Crippen LogP contribution is -2.61. The largest absolute Gasteiger partial charge is 0.356 e. The van der Waals surface area contributed by atoms with Gasteiger partial charge in [0.05, 0.1) is 5.56 Å². The molecular weight excluding hydrogens is 446 g/mol. The van der Waals surface area contributed by atoms with Crippen molar-refractivity contribution in [2.45, 2.75) is 72.6 Å². The molecule has 3 aromatic rings. The van der Waals surface area contributed by atoms with Gasteiger partial charge in [0.2, 0.25) is 11.8 Å². The fourth-order valence-corrected chi connectivity index (χ4v) is 4.92. The van der Waals surface area contributed by atoms with Crippen LogP contribution in [0.1, 0.15) is 46.9 Å². The highest BCUT2D eigenvalue weighted by Crippen LogP contribution is 2.27. The Labute approximate surface area is 205 Å². The van der Waals surface area contributed by atoms with Crippen molar-refractivity contribution in [1.82, 2.24) is 39.3 Å². The van der Waals surface area contributed by atoms with E-state index in [2.05, 4.69) is 25.3 Å². The molecule has 2 amide bonds. The first-order valence-corrected chi connectivity index (χ1v) is 12.1. The molecule has 186 valence electrons. The van der Waals surface area contributed by atoms with E-state index in [0.717, 1.165) is 5.56 Å². The van der Waals surface area contributed by atoms with Crippen LogP contribution in [0.25, 0.3) is 22.6 Å². The highest BCUT2D eigenvalue weighted by atomic mass is 16.2. The van der Waals surface area contributed by atoms with Crippen LogP contribution in [0.2, 0.25) is 0 Å². The van der Waals surface area contributed by atoms with Crippen molar-refractivity contribution < 1.29 is 9.59 Å². The Morgan fingerprint density at radius 3 is 2.31 bits per heavy atom. The molecule has 35 heavy (non-hydrogen) atoms. The molecule has 3 atom stereocenters. The van der Waals surface area contributed by atoms with Crippen LogP contribution in [-0.2, 0) is 16.1 Å². The summed E-state index contributed by atoms with van der Waals surface area (Å²) < 4.78 is 1.99. The molecule has 1 aliphatic heterocycles. The molecule has 0 aliphatic carbocycles. The van der Waals surface area contributed by atoms with Crippen LogP contribution in [-0.4, -0.2) is 82.3 Å². The van der Waals surface area contributed by atoms with Crippen molar-refractivity contribution >= 4 is 28.8 Å². The second-order valence-corrected chi connectivity index (χ2v) is 9.07. The van der Waals surface area contributed by atoms with E-state index in [1.807, 2.05) is 49.0 Å². The predicted octanol–water partition coefficient (Wildman–Crippen LogP) is 2.27. The van der Waals surface area contributed by atoms with Gasteiger partial charge in [-0.15, -0.1) is 0 Å². The smallest absolute Gasteiger partial charge is 0.245 e. The number of anilines is 1. The van der Waals surface area contributed by atoms with E-state index < -0.39 is 6.04 Å². The molecule has 11 nitrogen and oxygen atoms in total. The summed E-state index contributed by atoms with van der Waals surface area (Å²) >= 11 is 0. The molecule has 11 heteroatoms. The van der Waals surface area contributed by atoms with Gasteiger partial charge in [0.25, 0.3) is 0 Å². The standard InChI is InChI=1S/C24H33N9O2/c1-7-19(24(35)31-11-14(3)33(17(6)34)15(4)12-31)29-21-20-23(28-13-27-21)32(8-2)22(30-20)18-9-25-16(5)26-10-18/h9-10,13-15,19H,7-8,11-12H2,1-6H3,(H,27,28,29)/t14-,15+,19-/m1/s1. The zero-order valence-electron chi connectivity index (χ0n) is 21.2. The van der Waals surface area contributed by atoms with Gasteiger partial charge in [0.1, 0.15) is 24.0 Å². The molecule has 0 saturated carbocycles. The Morgan fingerprint density at radius 1 is 1.09 bits per heavy atom. The molecular formula is C24H33N9O2. The number of nitrogens with zero attached hydrogens (tertiary/aromatic N) is 8. The van der Waals surface area contributed by atoms with Gasteiger partial charge in [0.15, 0.2) is 17.0 Å². The molecule has 1 fully saturated rings. The molecule has 1 aliphatic rings. The highest BCUT2D eigenvalue weighted by Gasteiger charge is 2.35. The molecule has 1 saturated heterocycles. The number of nitrogens with one attached hydrogen (secondary N) is 1. The van der Waals surface area contributed by atoms with Gasteiger partial charge in [-0.3, -0.25) is 9.59 Å². The van der Waals surface area contributed by atoms with Crippen LogP contribution in [0.5, 0.6) is 0 Å². The highest BCUT2D eigenvalue weighted by molar-refractivity contribution is 5.90. The summed E-state index contributed by atoms with van der Waals surface area (Å²) in [5.41, 5.74) is 2.07. The number of carbonyl (C=O) groups excluding carboxylic acids is 2. The van der Waals surface area contributed by atoms with Crippen LogP contribution in [0.4, 0.5) is 5.82 Å². The lowest BCUT2D eigenvalue weighted by Gasteiger charge is -2.44. The average molecular weight is 480 g/mol. The van der Waals surface area contributed by atoms with Gasteiger partial charge in [-0.1, -0.05) is 6.92 Å². The van der Waals surface area contributed by atoms with Crippen LogP contribution >= 0.6 is 0 Å². The second-order valence-electron chi connectivity index (χ2n) is 9.07. The fraction of sp³-hybridized carbons (Fsp3) is 0.542. The van der Waals surface area contributed by atoms with Crippen molar-refractivity contribution in [3.63, 3.8) is 0 Å². The number of aromatic nitrogens is 6. The minimum absolute atomic E-state index is 0.0109. The first-order valence-electron chi connectivity index (χ1n) is 12.1. The lowest BCUT2D eigenvalue weighted by atomic mass is 10.1. The number of amides is 2.